The molecule has 7 heteroatoms. The molecule has 1 atom stereocenters. The van der Waals surface area contributed by atoms with Crippen LogP contribution in [-0.2, 0) is 11.3 Å². The highest BCUT2D eigenvalue weighted by molar-refractivity contribution is 5.79. The van der Waals surface area contributed by atoms with Crippen molar-refractivity contribution in [1.82, 2.24) is 15.5 Å². The van der Waals surface area contributed by atoms with E-state index in [0.717, 1.165) is 30.0 Å². The molecule has 3 rings (SSSR count). The summed E-state index contributed by atoms with van der Waals surface area (Å²) in [7, 11) is 1.74. The molecule has 1 heterocycles. The van der Waals surface area contributed by atoms with Crippen LogP contribution in [0.4, 0.5) is 4.39 Å². The van der Waals surface area contributed by atoms with Gasteiger partial charge in [0.2, 0.25) is 0 Å². The Labute approximate surface area is 183 Å². The molecule has 31 heavy (non-hydrogen) atoms. The van der Waals surface area contributed by atoms with Crippen LogP contribution in [0.3, 0.4) is 0 Å². The van der Waals surface area contributed by atoms with Crippen LogP contribution in [0.5, 0.6) is 5.75 Å². The molecule has 0 aliphatic carbocycles. The third-order valence-electron chi connectivity index (χ3n) is 5.18. The molecule has 0 spiro atoms. The van der Waals surface area contributed by atoms with Gasteiger partial charge in [-0.05, 0) is 23.8 Å². The molecule has 1 unspecified atom stereocenters. The van der Waals surface area contributed by atoms with Gasteiger partial charge in [-0.2, -0.15) is 0 Å². The van der Waals surface area contributed by atoms with E-state index >= 15 is 0 Å². The molecule has 166 valence electrons. The van der Waals surface area contributed by atoms with Gasteiger partial charge < -0.3 is 20.1 Å². The predicted molar refractivity (Wildman–Crippen MR) is 122 cm³/mol. The zero-order valence-corrected chi connectivity index (χ0v) is 18.0. The lowest BCUT2D eigenvalue weighted by molar-refractivity contribution is 0.0169. The normalized spacial score (nSPS) is 15.9. The number of ether oxygens (including phenoxy) is 2. The van der Waals surface area contributed by atoms with E-state index in [0.29, 0.717) is 38.9 Å². The van der Waals surface area contributed by atoms with Gasteiger partial charge in [0.05, 0.1) is 19.3 Å². The first-order valence-electron chi connectivity index (χ1n) is 10.5. The standard InChI is InChI=1S/C24H31FN4O2/c1-3-13-31-23-10-5-4-7-20(23)17-27-24(26-2)28-18-22(29-11-14-30-15-12-29)19-8-6-9-21(25)16-19/h3-10,16,22H,1,11-15,17-18H2,2H3,(H2,26,27,28). The number of nitrogens with one attached hydrogen (secondary N) is 2. The van der Waals surface area contributed by atoms with Crippen molar-refractivity contribution in [3.05, 3.63) is 78.1 Å². The Kier molecular flexibility index (Phi) is 8.87. The summed E-state index contributed by atoms with van der Waals surface area (Å²) in [6, 6.07) is 14.7. The van der Waals surface area contributed by atoms with Crippen molar-refractivity contribution in [2.45, 2.75) is 12.6 Å². The van der Waals surface area contributed by atoms with Crippen molar-refractivity contribution in [1.29, 1.82) is 0 Å². The molecule has 2 aromatic carbocycles. The highest BCUT2D eigenvalue weighted by Gasteiger charge is 2.23. The number of hydrogen-bond acceptors (Lipinski definition) is 4. The second kappa shape index (κ2) is 12.1. The Morgan fingerprint density at radius 2 is 2.03 bits per heavy atom. The highest BCUT2D eigenvalue weighted by atomic mass is 19.1. The van der Waals surface area contributed by atoms with Crippen LogP contribution in [0, 0.1) is 5.82 Å². The van der Waals surface area contributed by atoms with Crippen LogP contribution >= 0.6 is 0 Å². The van der Waals surface area contributed by atoms with E-state index in [-0.39, 0.29) is 11.9 Å². The van der Waals surface area contributed by atoms with E-state index < -0.39 is 0 Å². The minimum atomic E-state index is -0.227. The number of aliphatic imine (C=N–C) groups is 1. The Morgan fingerprint density at radius 1 is 1.23 bits per heavy atom. The second-order valence-electron chi connectivity index (χ2n) is 7.23. The smallest absolute Gasteiger partial charge is 0.191 e. The van der Waals surface area contributed by atoms with Crippen molar-refractivity contribution < 1.29 is 13.9 Å². The van der Waals surface area contributed by atoms with Gasteiger partial charge in [0.25, 0.3) is 0 Å². The van der Waals surface area contributed by atoms with E-state index in [1.807, 2.05) is 30.3 Å². The first-order chi connectivity index (χ1) is 15.2. The molecule has 0 amide bonds. The van der Waals surface area contributed by atoms with Gasteiger partial charge in [-0.25, -0.2) is 4.39 Å². The van der Waals surface area contributed by atoms with Crippen LogP contribution in [0.1, 0.15) is 17.2 Å². The molecule has 1 fully saturated rings. The average molecular weight is 427 g/mol. The van der Waals surface area contributed by atoms with Crippen molar-refractivity contribution in [3.8, 4) is 5.75 Å². The maximum atomic E-state index is 13.9. The van der Waals surface area contributed by atoms with E-state index in [1.54, 1.807) is 25.3 Å². The van der Waals surface area contributed by atoms with Crippen LogP contribution in [-0.4, -0.2) is 57.4 Å². The van der Waals surface area contributed by atoms with Gasteiger partial charge in [-0.1, -0.05) is 43.0 Å². The fourth-order valence-electron chi connectivity index (χ4n) is 3.59. The van der Waals surface area contributed by atoms with Gasteiger partial charge in [-0.15, -0.1) is 0 Å². The average Bonchev–Trinajstić information content (AvgIpc) is 2.81. The quantitative estimate of drug-likeness (QED) is 0.367. The van der Waals surface area contributed by atoms with Crippen molar-refractivity contribution >= 4 is 5.96 Å². The predicted octanol–water partition coefficient (Wildman–Crippen LogP) is 3.13. The van der Waals surface area contributed by atoms with E-state index in [2.05, 4.69) is 27.1 Å². The first-order valence-corrected chi connectivity index (χ1v) is 10.5. The number of rotatable bonds is 9. The van der Waals surface area contributed by atoms with Crippen LogP contribution in [0.25, 0.3) is 0 Å². The molecule has 0 saturated carbocycles. The summed E-state index contributed by atoms with van der Waals surface area (Å²) in [5.74, 6) is 1.26. The van der Waals surface area contributed by atoms with Gasteiger partial charge in [0, 0.05) is 38.8 Å². The van der Waals surface area contributed by atoms with E-state index in [9.17, 15) is 4.39 Å². The van der Waals surface area contributed by atoms with Crippen LogP contribution in [0.2, 0.25) is 0 Å². The second-order valence-corrected chi connectivity index (χ2v) is 7.23. The molecular formula is C24H31FN4O2. The number of hydrogen-bond donors (Lipinski definition) is 2. The van der Waals surface area contributed by atoms with E-state index in [1.165, 1.54) is 6.07 Å². The van der Waals surface area contributed by atoms with Gasteiger partial charge in [0.15, 0.2) is 5.96 Å². The van der Waals surface area contributed by atoms with Crippen molar-refractivity contribution in [2.75, 3.05) is 46.5 Å². The number of nitrogens with zero attached hydrogens (tertiary/aromatic N) is 2. The minimum Gasteiger partial charge on any atom is -0.489 e. The largest absolute Gasteiger partial charge is 0.489 e. The zero-order chi connectivity index (χ0) is 21.9. The first kappa shape index (κ1) is 22.8. The fourth-order valence-corrected chi connectivity index (χ4v) is 3.59. The molecule has 1 aliphatic heterocycles. The Hall–Kier alpha value is -2.90. The Balaban J connectivity index is 1.64. The lowest BCUT2D eigenvalue weighted by atomic mass is 10.0. The number of halogens is 1. The highest BCUT2D eigenvalue weighted by Crippen LogP contribution is 2.22. The summed E-state index contributed by atoms with van der Waals surface area (Å²) >= 11 is 0. The maximum absolute atomic E-state index is 13.9. The topological polar surface area (TPSA) is 58.1 Å². The number of morpholine rings is 1. The van der Waals surface area contributed by atoms with Crippen LogP contribution in [0.15, 0.2) is 66.2 Å². The van der Waals surface area contributed by atoms with E-state index in [4.69, 9.17) is 9.47 Å². The lowest BCUT2D eigenvalue weighted by Crippen LogP contribution is -2.46. The summed E-state index contributed by atoms with van der Waals surface area (Å²) in [4.78, 5) is 6.66. The van der Waals surface area contributed by atoms with Crippen molar-refractivity contribution in [2.24, 2.45) is 4.99 Å². The molecule has 0 radical (unpaired) electrons. The molecule has 2 N–H and O–H groups in total. The van der Waals surface area contributed by atoms with Gasteiger partial charge in [-0.3, -0.25) is 9.89 Å². The Bertz CT molecular complexity index is 868. The monoisotopic (exact) mass is 426 g/mol. The van der Waals surface area contributed by atoms with Gasteiger partial charge in [0.1, 0.15) is 18.2 Å². The summed E-state index contributed by atoms with van der Waals surface area (Å²) in [5.41, 5.74) is 1.97. The third-order valence-corrected chi connectivity index (χ3v) is 5.18. The number of benzene rings is 2. The fraction of sp³-hybridized carbons (Fsp3) is 0.375. The minimum absolute atomic E-state index is 0.0151. The molecule has 6 nitrogen and oxygen atoms in total. The zero-order valence-electron chi connectivity index (χ0n) is 18.0. The molecule has 2 aromatic rings. The number of para-hydroxylation sites is 1. The summed E-state index contributed by atoms with van der Waals surface area (Å²) in [6.45, 7) is 8.29. The van der Waals surface area contributed by atoms with Gasteiger partial charge >= 0.3 is 0 Å². The maximum Gasteiger partial charge on any atom is 0.191 e. The SMILES string of the molecule is C=CCOc1ccccc1CNC(=NC)NCC(c1cccc(F)c1)N1CCOCC1. The molecule has 0 aromatic heterocycles. The third kappa shape index (κ3) is 6.80. The molecular weight excluding hydrogens is 395 g/mol. The lowest BCUT2D eigenvalue weighted by Gasteiger charge is -2.35. The summed E-state index contributed by atoms with van der Waals surface area (Å²) < 4.78 is 25.1. The number of guanidine groups is 1. The van der Waals surface area contributed by atoms with Crippen LogP contribution < -0.4 is 15.4 Å². The molecule has 1 aliphatic rings. The summed E-state index contributed by atoms with van der Waals surface area (Å²) in [6.07, 6.45) is 1.73. The molecule has 1 saturated heterocycles. The summed E-state index contributed by atoms with van der Waals surface area (Å²) in [5, 5.41) is 6.73. The Morgan fingerprint density at radius 3 is 2.77 bits per heavy atom. The molecule has 0 bridgehead atoms. The van der Waals surface area contributed by atoms with Crippen molar-refractivity contribution in [3.63, 3.8) is 0 Å².